The van der Waals surface area contributed by atoms with E-state index in [9.17, 15) is 13.2 Å². The molecule has 0 spiro atoms. The van der Waals surface area contributed by atoms with Crippen LogP contribution in [-0.4, -0.2) is 19.3 Å². The van der Waals surface area contributed by atoms with Crippen molar-refractivity contribution in [3.63, 3.8) is 0 Å². The van der Waals surface area contributed by atoms with E-state index in [2.05, 4.69) is 21.2 Å². The minimum absolute atomic E-state index is 0.321. The highest BCUT2D eigenvalue weighted by Gasteiger charge is 2.30. The number of hydrogen-bond donors (Lipinski definition) is 1. The Bertz CT molecular complexity index is 445. The second-order valence-corrected chi connectivity index (χ2v) is 5.75. The highest BCUT2D eigenvalue weighted by Crippen LogP contribution is 2.34. The highest BCUT2D eigenvalue weighted by molar-refractivity contribution is 9.10. The van der Waals surface area contributed by atoms with Crippen LogP contribution in [0.15, 0.2) is 22.7 Å². The van der Waals surface area contributed by atoms with E-state index in [0.29, 0.717) is 22.8 Å². The molecule has 0 amide bonds. The van der Waals surface area contributed by atoms with E-state index in [4.69, 9.17) is 4.74 Å². The first-order chi connectivity index (χ1) is 9.47. The molecule has 20 heavy (non-hydrogen) atoms. The van der Waals surface area contributed by atoms with Crippen molar-refractivity contribution in [3.05, 3.63) is 28.2 Å². The predicted molar refractivity (Wildman–Crippen MR) is 75.8 cm³/mol. The number of nitrogens with one attached hydrogen (secondary N) is 1. The van der Waals surface area contributed by atoms with Crippen molar-refractivity contribution in [1.82, 2.24) is 0 Å². The molecule has 1 N–H and O–H groups in total. The molecule has 1 saturated heterocycles. The van der Waals surface area contributed by atoms with Gasteiger partial charge in [0.15, 0.2) is 0 Å². The van der Waals surface area contributed by atoms with E-state index in [1.54, 1.807) is 0 Å². The van der Waals surface area contributed by atoms with E-state index in [1.165, 1.54) is 6.07 Å². The molecule has 1 aliphatic heterocycles. The summed E-state index contributed by atoms with van der Waals surface area (Å²) in [7, 11) is 0. The lowest BCUT2D eigenvalue weighted by Gasteiger charge is -2.13. The highest BCUT2D eigenvalue weighted by atomic mass is 79.9. The van der Waals surface area contributed by atoms with Crippen molar-refractivity contribution < 1.29 is 17.9 Å². The summed E-state index contributed by atoms with van der Waals surface area (Å²) < 4.78 is 44.0. The number of benzene rings is 1. The van der Waals surface area contributed by atoms with Gasteiger partial charge in [-0.25, -0.2) is 0 Å². The Morgan fingerprint density at radius 3 is 2.80 bits per heavy atom. The van der Waals surface area contributed by atoms with Crippen LogP contribution in [0.1, 0.15) is 31.2 Å². The summed E-state index contributed by atoms with van der Waals surface area (Å²) in [4.78, 5) is 0. The number of ether oxygens (including phenoxy) is 1. The van der Waals surface area contributed by atoms with Crippen LogP contribution in [0.25, 0.3) is 0 Å². The average Bonchev–Trinajstić information content (AvgIpc) is 2.88. The molecule has 6 heteroatoms. The molecule has 2 rings (SSSR count). The van der Waals surface area contributed by atoms with Gasteiger partial charge in [0.05, 0.1) is 11.7 Å². The summed E-state index contributed by atoms with van der Waals surface area (Å²) in [6.07, 6.45) is 0.0396. The third kappa shape index (κ3) is 4.38. The molecule has 0 bridgehead atoms. The van der Waals surface area contributed by atoms with Gasteiger partial charge in [0.25, 0.3) is 0 Å². The molecule has 1 atom stereocenters. The van der Waals surface area contributed by atoms with Crippen LogP contribution in [0.5, 0.6) is 0 Å². The first kappa shape index (κ1) is 15.6. The number of halogens is 4. The molecule has 2 nitrogen and oxygen atoms in total. The van der Waals surface area contributed by atoms with Gasteiger partial charge < -0.3 is 10.1 Å². The molecule has 1 aromatic rings. The van der Waals surface area contributed by atoms with Crippen LogP contribution < -0.4 is 5.32 Å². The molecule has 0 aromatic heterocycles. The van der Waals surface area contributed by atoms with Gasteiger partial charge in [-0.2, -0.15) is 13.2 Å². The van der Waals surface area contributed by atoms with E-state index < -0.39 is 11.7 Å². The van der Waals surface area contributed by atoms with Gasteiger partial charge >= 0.3 is 6.18 Å². The monoisotopic (exact) mass is 351 g/mol. The maximum Gasteiger partial charge on any atom is 0.416 e. The van der Waals surface area contributed by atoms with Crippen molar-refractivity contribution in [1.29, 1.82) is 0 Å². The smallest absolute Gasteiger partial charge is 0.384 e. The third-order valence-corrected chi connectivity index (χ3v) is 4.03. The molecule has 0 saturated carbocycles. The Morgan fingerprint density at radius 2 is 2.15 bits per heavy atom. The van der Waals surface area contributed by atoms with E-state index in [0.717, 1.165) is 44.4 Å². The van der Waals surface area contributed by atoms with Gasteiger partial charge in [-0.1, -0.05) is 0 Å². The maximum atomic E-state index is 12.6. The van der Waals surface area contributed by atoms with Gasteiger partial charge in [0.2, 0.25) is 0 Å². The molecule has 1 fully saturated rings. The molecule has 1 heterocycles. The van der Waals surface area contributed by atoms with Gasteiger partial charge in [0, 0.05) is 23.3 Å². The Hall–Kier alpha value is -0.750. The zero-order valence-electron chi connectivity index (χ0n) is 11.0. The first-order valence-electron chi connectivity index (χ1n) is 6.69. The van der Waals surface area contributed by atoms with E-state index >= 15 is 0 Å². The standard InChI is InChI=1S/C14H17BrF3NO/c15-12-6-5-10(14(16,17)18)9-13(12)19-7-1-3-11-4-2-8-20-11/h5-6,9,11,19H,1-4,7-8H2. The Morgan fingerprint density at radius 1 is 1.35 bits per heavy atom. The first-order valence-corrected chi connectivity index (χ1v) is 7.48. The molecular formula is C14H17BrF3NO. The van der Waals surface area contributed by atoms with Crippen molar-refractivity contribution in [2.45, 2.75) is 38.0 Å². The summed E-state index contributed by atoms with van der Waals surface area (Å²) in [6, 6.07) is 3.63. The number of rotatable bonds is 5. The Kier molecular flexibility index (Phi) is 5.32. The number of hydrogen-bond acceptors (Lipinski definition) is 2. The summed E-state index contributed by atoms with van der Waals surface area (Å²) >= 11 is 3.26. The van der Waals surface area contributed by atoms with Crippen LogP contribution in [0, 0.1) is 0 Å². The van der Waals surface area contributed by atoms with Crippen molar-refractivity contribution >= 4 is 21.6 Å². The maximum absolute atomic E-state index is 12.6. The van der Waals surface area contributed by atoms with Gasteiger partial charge in [-0.15, -0.1) is 0 Å². The van der Waals surface area contributed by atoms with Gasteiger partial charge in [-0.3, -0.25) is 0 Å². The molecular weight excluding hydrogens is 335 g/mol. The topological polar surface area (TPSA) is 21.3 Å². The lowest BCUT2D eigenvalue weighted by atomic mass is 10.1. The van der Waals surface area contributed by atoms with Crippen LogP contribution in [0.2, 0.25) is 0 Å². The molecule has 0 radical (unpaired) electrons. The fourth-order valence-corrected chi connectivity index (χ4v) is 2.65. The molecule has 1 aliphatic rings. The van der Waals surface area contributed by atoms with Gasteiger partial charge in [-0.05, 0) is 59.8 Å². The molecule has 112 valence electrons. The van der Waals surface area contributed by atoms with Crippen molar-refractivity contribution in [3.8, 4) is 0 Å². The summed E-state index contributed by atoms with van der Waals surface area (Å²) in [5, 5.41) is 3.05. The minimum atomic E-state index is -4.31. The third-order valence-electron chi connectivity index (χ3n) is 3.34. The van der Waals surface area contributed by atoms with Crippen molar-refractivity contribution in [2.24, 2.45) is 0 Å². The van der Waals surface area contributed by atoms with Crippen LogP contribution in [0.3, 0.4) is 0 Å². The van der Waals surface area contributed by atoms with Crippen LogP contribution in [-0.2, 0) is 10.9 Å². The Labute approximate surface area is 124 Å². The zero-order valence-corrected chi connectivity index (χ0v) is 12.6. The van der Waals surface area contributed by atoms with Crippen LogP contribution >= 0.6 is 15.9 Å². The molecule has 1 aromatic carbocycles. The molecule has 1 unspecified atom stereocenters. The fraction of sp³-hybridized carbons (Fsp3) is 0.571. The zero-order chi connectivity index (χ0) is 14.6. The van der Waals surface area contributed by atoms with E-state index in [1.807, 2.05) is 0 Å². The Balaban J connectivity index is 1.85. The SMILES string of the molecule is FC(F)(F)c1ccc(Br)c(NCCCC2CCCO2)c1. The average molecular weight is 352 g/mol. The predicted octanol–water partition coefficient (Wildman–Crippen LogP) is 4.84. The number of alkyl halides is 3. The summed E-state index contributed by atoms with van der Waals surface area (Å²) in [6.45, 7) is 1.47. The minimum Gasteiger partial charge on any atom is -0.384 e. The number of anilines is 1. The summed E-state index contributed by atoms with van der Waals surface area (Å²) in [5.41, 5.74) is -0.158. The van der Waals surface area contributed by atoms with E-state index in [-0.39, 0.29) is 0 Å². The second-order valence-electron chi connectivity index (χ2n) is 4.90. The van der Waals surface area contributed by atoms with Crippen LogP contribution in [0.4, 0.5) is 18.9 Å². The van der Waals surface area contributed by atoms with Gasteiger partial charge in [0.1, 0.15) is 0 Å². The summed E-state index contributed by atoms with van der Waals surface area (Å²) in [5.74, 6) is 0. The lowest BCUT2D eigenvalue weighted by Crippen LogP contribution is -2.10. The molecule has 0 aliphatic carbocycles. The largest absolute Gasteiger partial charge is 0.416 e. The lowest BCUT2D eigenvalue weighted by molar-refractivity contribution is -0.137. The fourth-order valence-electron chi connectivity index (χ4n) is 2.26. The van der Waals surface area contributed by atoms with Crippen molar-refractivity contribution in [2.75, 3.05) is 18.5 Å². The second kappa shape index (κ2) is 6.80. The quantitative estimate of drug-likeness (QED) is 0.766. The normalized spacial score (nSPS) is 19.3.